The van der Waals surface area contributed by atoms with E-state index < -0.39 is 9.84 Å². The Hall–Kier alpha value is -2.18. The van der Waals surface area contributed by atoms with Crippen molar-refractivity contribution in [3.63, 3.8) is 0 Å². The Balaban J connectivity index is 1.79. The first-order valence-electron chi connectivity index (χ1n) is 6.94. The van der Waals surface area contributed by atoms with Gasteiger partial charge >= 0.3 is 0 Å². The van der Waals surface area contributed by atoms with Crippen LogP contribution in [0.25, 0.3) is 11.3 Å². The maximum absolute atomic E-state index is 11.5. The molecule has 0 atom stereocenters. The van der Waals surface area contributed by atoms with Crippen LogP contribution in [-0.4, -0.2) is 19.7 Å². The standard InChI is InChI=1S/C17H15NO3S2/c1-23(19,20)15-7-5-14(6-8-15)16-3-2-4-17(18-16)21-11-13-9-10-22-12-13/h2-10,12H,11H2,1H3. The zero-order chi connectivity index (χ0) is 16.3. The Morgan fingerprint density at radius 2 is 1.87 bits per heavy atom. The fraction of sp³-hybridized carbons (Fsp3) is 0.118. The highest BCUT2D eigenvalue weighted by atomic mass is 32.2. The van der Waals surface area contributed by atoms with Crippen LogP contribution in [0.5, 0.6) is 5.88 Å². The molecule has 0 amide bonds. The number of ether oxygens (including phenoxy) is 1. The van der Waals surface area contributed by atoms with Crippen LogP contribution in [0.4, 0.5) is 0 Å². The minimum Gasteiger partial charge on any atom is -0.473 e. The monoisotopic (exact) mass is 345 g/mol. The van der Waals surface area contributed by atoms with Gasteiger partial charge in [-0.3, -0.25) is 0 Å². The lowest BCUT2D eigenvalue weighted by Gasteiger charge is -2.07. The van der Waals surface area contributed by atoms with Crippen molar-refractivity contribution in [2.24, 2.45) is 0 Å². The molecular weight excluding hydrogens is 330 g/mol. The number of sulfone groups is 1. The molecule has 6 heteroatoms. The van der Waals surface area contributed by atoms with Gasteiger partial charge in [0.2, 0.25) is 5.88 Å². The van der Waals surface area contributed by atoms with E-state index in [0.717, 1.165) is 16.8 Å². The number of hydrogen-bond donors (Lipinski definition) is 0. The summed E-state index contributed by atoms with van der Waals surface area (Å²) < 4.78 is 28.7. The summed E-state index contributed by atoms with van der Waals surface area (Å²) in [6, 6.07) is 14.2. The molecule has 23 heavy (non-hydrogen) atoms. The number of rotatable bonds is 5. The minimum atomic E-state index is -3.19. The number of pyridine rings is 1. The third kappa shape index (κ3) is 3.97. The van der Waals surface area contributed by atoms with E-state index in [1.807, 2.05) is 29.0 Å². The molecule has 0 aliphatic heterocycles. The number of hydrogen-bond acceptors (Lipinski definition) is 5. The van der Waals surface area contributed by atoms with Gasteiger partial charge in [0.15, 0.2) is 9.84 Å². The van der Waals surface area contributed by atoms with Crippen LogP contribution in [-0.2, 0) is 16.4 Å². The quantitative estimate of drug-likeness (QED) is 0.706. The number of nitrogens with zero attached hydrogens (tertiary/aromatic N) is 1. The van der Waals surface area contributed by atoms with Gasteiger partial charge in [0, 0.05) is 23.4 Å². The molecule has 0 bridgehead atoms. The molecule has 0 unspecified atom stereocenters. The van der Waals surface area contributed by atoms with E-state index in [0.29, 0.717) is 17.4 Å². The van der Waals surface area contributed by atoms with Gasteiger partial charge in [-0.25, -0.2) is 13.4 Å². The van der Waals surface area contributed by atoms with Gasteiger partial charge in [-0.1, -0.05) is 18.2 Å². The lowest BCUT2D eigenvalue weighted by atomic mass is 10.1. The van der Waals surface area contributed by atoms with Gasteiger partial charge in [0.05, 0.1) is 10.6 Å². The average molecular weight is 345 g/mol. The van der Waals surface area contributed by atoms with E-state index >= 15 is 0 Å². The van der Waals surface area contributed by atoms with Gasteiger partial charge < -0.3 is 4.74 Å². The first-order chi connectivity index (χ1) is 11.0. The second kappa shape index (κ2) is 6.52. The molecule has 3 aromatic rings. The highest BCUT2D eigenvalue weighted by molar-refractivity contribution is 7.90. The van der Waals surface area contributed by atoms with Crippen molar-refractivity contribution in [2.75, 3.05) is 6.26 Å². The van der Waals surface area contributed by atoms with Crippen molar-refractivity contribution in [3.05, 3.63) is 64.9 Å². The summed E-state index contributed by atoms with van der Waals surface area (Å²) in [4.78, 5) is 4.76. The van der Waals surface area contributed by atoms with Crippen molar-refractivity contribution in [1.82, 2.24) is 4.98 Å². The molecule has 1 aromatic carbocycles. The highest BCUT2D eigenvalue weighted by Gasteiger charge is 2.08. The van der Waals surface area contributed by atoms with Crippen molar-refractivity contribution >= 4 is 21.2 Å². The summed E-state index contributed by atoms with van der Waals surface area (Å²) in [6.07, 6.45) is 1.19. The topological polar surface area (TPSA) is 56.3 Å². The SMILES string of the molecule is CS(=O)(=O)c1ccc(-c2cccc(OCc3ccsc3)n2)cc1. The first kappa shape index (κ1) is 15.7. The summed E-state index contributed by atoms with van der Waals surface area (Å²) in [5.74, 6) is 0.542. The fourth-order valence-corrected chi connectivity index (χ4v) is 3.34. The molecule has 0 saturated carbocycles. The van der Waals surface area contributed by atoms with Crippen LogP contribution in [0, 0.1) is 0 Å². The Bertz CT molecular complexity index is 886. The summed E-state index contributed by atoms with van der Waals surface area (Å²) in [6.45, 7) is 0.479. The maximum Gasteiger partial charge on any atom is 0.214 e. The predicted octanol–water partition coefficient (Wildman–Crippen LogP) is 3.79. The van der Waals surface area contributed by atoms with Crippen molar-refractivity contribution < 1.29 is 13.2 Å². The van der Waals surface area contributed by atoms with E-state index in [1.165, 1.54) is 6.26 Å². The van der Waals surface area contributed by atoms with Gasteiger partial charge in [0.25, 0.3) is 0 Å². The van der Waals surface area contributed by atoms with Gasteiger partial charge in [0.1, 0.15) is 6.61 Å². The van der Waals surface area contributed by atoms with E-state index in [1.54, 1.807) is 41.7 Å². The molecule has 0 saturated heterocycles. The molecule has 0 radical (unpaired) electrons. The van der Waals surface area contributed by atoms with Gasteiger partial charge in [-0.05, 0) is 35.0 Å². The second-order valence-electron chi connectivity index (χ2n) is 5.08. The van der Waals surface area contributed by atoms with E-state index in [4.69, 9.17) is 4.74 Å². The Morgan fingerprint density at radius 3 is 2.52 bits per heavy atom. The Morgan fingerprint density at radius 1 is 1.09 bits per heavy atom. The lowest BCUT2D eigenvalue weighted by molar-refractivity contribution is 0.295. The predicted molar refractivity (Wildman–Crippen MR) is 91.4 cm³/mol. The minimum absolute atomic E-state index is 0.297. The number of aromatic nitrogens is 1. The molecule has 2 heterocycles. The summed E-state index contributed by atoms with van der Waals surface area (Å²) in [5.41, 5.74) is 2.70. The van der Waals surface area contributed by atoms with Crippen molar-refractivity contribution in [1.29, 1.82) is 0 Å². The number of thiophene rings is 1. The third-order valence-corrected chi connectivity index (χ3v) is 5.13. The van der Waals surface area contributed by atoms with E-state index in [-0.39, 0.29) is 0 Å². The summed E-state index contributed by atoms with van der Waals surface area (Å²) in [7, 11) is -3.19. The van der Waals surface area contributed by atoms with Crippen LogP contribution in [0.15, 0.2) is 64.2 Å². The van der Waals surface area contributed by atoms with Gasteiger partial charge in [-0.15, -0.1) is 0 Å². The van der Waals surface area contributed by atoms with Crippen LogP contribution in [0.2, 0.25) is 0 Å². The summed E-state index contributed by atoms with van der Waals surface area (Å²) in [5, 5.41) is 4.04. The molecule has 0 fully saturated rings. The van der Waals surface area contributed by atoms with Crippen LogP contribution >= 0.6 is 11.3 Å². The van der Waals surface area contributed by atoms with Crippen molar-refractivity contribution in [2.45, 2.75) is 11.5 Å². The number of benzene rings is 1. The lowest BCUT2D eigenvalue weighted by Crippen LogP contribution is -1.98. The highest BCUT2D eigenvalue weighted by Crippen LogP contribution is 2.22. The molecular formula is C17H15NO3S2. The van der Waals surface area contributed by atoms with E-state index in [9.17, 15) is 8.42 Å². The molecule has 4 nitrogen and oxygen atoms in total. The first-order valence-corrected chi connectivity index (χ1v) is 9.77. The largest absolute Gasteiger partial charge is 0.473 e. The molecule has 3 rings (SSSR count). The second-order valence-corrected chi connectivity index (χ2v) is 7.87. The Kier molecular flexibility index (Phi) is 4.45. The van der Waals surface area contributed by atoms with Crippen LogP contribution < -0.4 is 4.74 Å². The Labute approximate surface area is 139 Å². The normalized spacial score (nSPS) is 11.3. The summed E-state index contributed by atoms with van der Waals surface area (Å²) >= 11 is 1.63. The zero-order valence-corrected chi connectivity index (χ0v) is 14.1. The third-order valence-electron chi connectivity index (χ3n) is 3.27. The molecule has 0 spiro atoms. The zero-order valence-electron chi connectivity index (χ0n) is 12.5. The molecule has 0 aliphatic carbocycles. The molecule has 118 valence electrons. The van der Waals surface area contributed by atoms with Gasteiger partial charge in [-0.2, -0.15) is 11.3 Å². The van der Waals surface area contributed by atoms with Crippen LogP contribution in [0.3, 0.4) is 0 Å². The molecule has 0 aliphatic rings. The molecule has 2 aromatic heterocycles. The maximum atomic E-state index is 11.5. The fourth-order valence-electron chi connectivity index (χ4n) is 2.06. The molecule has 0 N–H and O–H groups in total. The van der Waals surface area contributed by atoms with Crippen molar-refractivity contribution in [3.8, 4) is 17.1 Å². The smallest absolute Gasteiger partial charge is 0.214 e. The van der Waals surface area contributed by atoms with E-state index in [2.05, 4.69) is 4.98 Å². The van der Waals surface area contributed by atoms with Crippen LogP contribution in [0.1, 0.15) is 5.56 Å². The average Bonchev–Trinajstić information content (AvgIpc) is 3.06.